The molecule has 0 bridgehead atoms. The van der Waals surface area contributed by atoms with E-state index in [1.807, 2.05) is 18.2 Å². The van der Waals surface area contributed by atoms with Crippen molar-refractivity contribution in [3.63, 3.8) is 0 Å². The van der Waals surface area contributed by atoms with Gasteiger partial charge < -0.3 is 10.2 Å². The van der Waals surface area contributed by atoms with Crippen molar-refractivity contribution in [2.45, 2.75) is 19.4 Å². The van der Waals surface area contributed by atoms with E-state index in [0.717, 1.165) is 51.1 Å². The van der Waals surface area contributed by atoms with E-state index in [0.29, 0.717) is 17.6 Å². The molecule has 168 valence electrons. The number of carbonyl (C=O) groups is 1. The molecule has 0 saturated carbocycles. The topological polar surface area (TPSA) is 70.5 Å². The van der Waals surface area contributed by atoms with E-state index >= 15 is 0 Å². The van der Waals surface area contributed by atoms with E-state index in [-0.39, 0.29) is 17.9 Å². The standard InChI is InChI=1S/C25H31N5O2/c1-28-25(32)22-11-6-5-10-21(22)23(27-28)18-24(31)26-12-7-13-29-14-16-30(17-15-29)19-20-8-3-2-4-9-20/h2-6,8-11H,7,12-19H2,1H3,(H,26,31). The molecule has 0 radical (unpaired) electrons. The number of nitrogens with one attached hydrogen (secondary N) is 1. The lowest BCUT2D eigenvalue weighted by Crippen LogP contribution is -2.46. The predicted molar refractivity (Wildman–Crippen MR) is 126 cm³/mol. The highest BCUT2D eigenvalue weighted by Gasteiger charge is 2.17. The number of hydrogen-bond donors (Lipinski definition) is 1. The van der Waals surface area contributed by atoms with Crippen molar-refractivity contribution in [1.82, 2.24) is 24.9 Å². The third-order valence-electron chi connectivity index (χ3n) is 6.05. The van der Waals surface area contributed by atoms with Gasteiger partial charge in [0.15, 0.2) is 0 Å². The van der Waals surface area contributed by atoms with Gasteiger partial charge in [-0.05, 0) is 24.6 Å². The number of aryl methyl sites for hydroxylation is 1. The molecule has 0 unspecified atom stereocenters. The van der Waals surface area contributed by atoms with Gasteiger partial charge in [0.25, 0.3) is 5.56 Å². The molecule has 0 atom stereocenters. The van der Waals surface area contributed by atoms with E-state index in [2.05, 4.69) is 50.5 Å². The highest BCUT2D eigenvalue weighted by molar-refractivity contribution is 5.88. The fourth-order valence-electron chi connectivity index (χ4n) is 4.26. The summed E-state index contributed by atoms with van der Waals surface area (Å²) in [6, 6.07) is 17.9. The lowest BCUT2D eigenvalue weighted by molar-refractivity contribution is -0.120. The van der Waals surface area contributed by atoms with Gasteiger partial charge in [-0.15, -0.1) is 0 Å². The summed E-state index contributed by atoms with van der Waals surface area (Å²) in [6.07, 6.45) is 1.10. The molecular weight excluding hydrogens is 402 g/mol. The van der Waals surface area contributed by atoms with Crippen LogP contribution in [0.25, 0.3) is 10.8 Å². The molecule has 1 aliphatic heterocycles. The second-order valence-electron chi connectivity index (χ2n) is 8.40. The summed E-state index contributed by atoms with van der Waals surface area (Å²) in [5.41, 5.74) is 1.85. The highest BCUT2D eigenvalue weighted by Crippen LogP contribution is 2.13. The first-order chi connectivity index (χ1) is 15.6. The Balaban J connectivity index is 1.18. The molecule has 1 amide bonds. The van der Waals surface area contributed by atoms with Gasteiger partial charge in [0.05, 0.1) is 17.5 Å². The number of rotatable bonds is 8. The van der Waals surface area contributed by atoms with Crippen LogP contribution in [-0.4, -0.2) is 64.8 Å². The van der Waals surface area contributed by atoms with Crippen molar-refractivity contribution in [3.8, 4) is 0 Å². The Labute approximate surface area is 188 Å². The van der Waals surface area contributed by atoms with Gasteiger partial charge in [0.1, 0.15) is 0 Å². The normalized spacial score (nSPS) is 15.2. The van der Waals surface area contributed by atoms with Crippen molar-refractivity contribution in [3.05, 3.63) is 76.2 Å². The van der Waals surface area contributed by atoms with E-state index in [1.165, 1.54) is 10.2 Å². The molecule has 7 nitrogen and oxygen atoms in total. The summed E-state index contributed by atoms with van der Waals surface area (Å²) in [5.74, 6) is -0.0611. The predicted octanol–water partition coefficient (Wildman–Crippen LogP) is 1.80. The molecule has 1 N–H and O–H groups in total. The maximum atomic E-state index is 12.5. The number of aromatic nitrogens is 2. The van der Waals surface area contributed by atoms with E-state index in [4.69, 9.17) is 0 Å². The molecule has 0 aliphatic carbocycles. The first-order valence-corrected chi connectivity index (χ1v) is 11.3. The van der Waals surface area contributed by atoms with Gasteiger partial charge in [-0.2, -0.15) is 5.10 Å². The summed E-state index contributed by atoms with van der Waals surface area (Å²) < 4.78 is 1.31. The average molecular weight is 434 g/mol. The highest BCUT2D eigenvalue weighted by atomic mass is 16.1. The van der Waals surface area contributed by atoms with Crippen LogP contribution in [0.5, 0.6) is 0 Å². The second kappa shape index (κ2) is 10.5. The smallest absolute Gasteiger partial charge is 0.274 e. The number of fused-ring (bicyclic) bond motifs is 1. The molecular formula is C25H31N5O2. The zero-order valence-electron chi connectivity index (χ0n) is 18.7. The Hall–Kier alpha value is -3.03. The first-order valence-electron chi connectivity index (χ1n) is 11.3. The fraction of sp³-hybridized carbons (Fsp3) is 0.400. The molecule has 32 heavy (non-hydrogen) atoms. The van der Waals surface area contributed by atoms with Crippen molar-refractivity contribution in [2.24, 2.45) is 7.05 Å². The van der Waals surface area contributed by atoms with Gasteiger partial charge in [-0.3, -0.25) is 14.5 Å². The third-order valence-corrected chi connectivity index (χ3v) is 6.05. The van der Waals surface area contributed by atoms with Crippen LogP contribution in [0.1, 0.15) is 17.7 Å². The molecule has 2 aromatic carbocycles. The maximum absolute atomic E-state index is 12.5. The average Bonchev–Trinajstić information content (AvgIpc) is 2.82. The van der Waals surface area contributed by atoms with Crippen LogP contribution in [0, 0.1) is 0 Å². The number of hydrogen-bond acceptors (Lipinski definition) is 5. The Bertz CT molecular complexity index is 1100. The molecule has 0 spiro atoms. The second-order valence-corrected chi connectivity index (χ2v) is 8.40. The summed E-state index contributed by atoms with van der Waals surface area (Å²) in [6.45, 7) is 6.93. The molecule has 4 rings (SSSR count). The van der Waals surface area contributed by atoms with Crippen LogP contribution in [0.4, 0.5) is 0 Å². The van der Waals surface area contributed by atoms with Crippen molar-refractivity contribution in [2.75, 3.05) is 39.3 Å². The molecule has 1 saturated heterocycles. The molecule has 1 fully saturated rings. The molecule has 1 aliphatic rings. The number of carbonyl (C=O) groups excluding carboxylic acids is 1. The van der Waals surface area contributed by atoms with Gasteiger partial charge >= 0.3 is 0 Å². The Morgan fingerprint density at radius 2 is 1.59 bits per heavy atom. The van der Waals surface area contributed by atoms with Gasteiger partial charge in [-0.25, -0.2) is 4.68 Å². The van der Waals surface area contributed by atoms with Gasteiger partial charge in [-0.1, -0.05) is 48.5 Å². The first kappa shape index (κ1) is 22.2. The van der Waals surface area contributed by atoms with Gasteiger partial charge in [0.2, 0.25) is 5.91 Å². The minimum Gasteiger partial charge on any atom is -0.356 e. The summed E-state index contributed by atoms with van der Waals surface area (Å²) in [4.78, 5) is 29.7. The van der Waals surface area contributed by atoms with Gasteiger partial charge in [0, 0.05) is 51.7 Å². The molecule has 2 heterocycles. The number of amides is 1. The van der Waals surface area contributed by atoms with Crippen LogP contribution in [-0.2, 0) is 24.8 Å². The minimum absolute atomic E-state index is 0.0611. The summed E-state index contributed by atoms with van der Waals surface area (Å²) in [7, 11) is 1.62. The lowest BCUT2D eigenvalue weighted by atomic mass is 10.1. The van der Waals surface area contributed by atoms with E-state index in [9.17, 15) is 9.59 Å². The fourth-order valence-corrected chi connectivity index (χ4v) is 4.26. The SMILES string of the molecule is Cn1nc(CC(=O)NCCCN2CCN(Cc3ccccc3)CC2)c2ccccc2c1=O. The van der Waals surface area contributed by atoms with E-state index < -0.39 is 0 Å². The largest absolute Gasteiger partial charge is 0.356 e. The zero-order valence-corrected chi connectivity index (χ0v) is 18.7. The van der Waals surface area contributed by atoms with Crippen molar-refractivity contribution in [1.29, 1.82) is 0 Å². The lowest BCUT2D eigenvalue weighted by Gasteiger charge is -2.34. The molecule has 3 aromatic rings. The number of nitrogens with zero attached hydrogens (tertiary/aromatic N) is 4. The minimum atomic E-state index is -0.145. The Kier molecular flexibility index (Phi) is 7.29. The molecule has 7 heteroatoms. The monoisotopic (exact) mass is 433 g/mol. The Morgan fingerprint density at radius 1 is 0.938 bits per heavy atom. The van der Waals surface area contributed by atoms with Crippen LogP contribution in [0.3, 0.4) is 0 Å². The number of benzene rings is 2. The van der Waals surface area contributed by atoms with E-state index in [1.54, 1.807) is 13.1 Å². The maximum Gasteiger partial charge on any atom is 0.274 e. The van der Waals surface area contributed by atoms with Crippen LogP contribution < -0.4 is 10.9 Å². The number of piperazine rings is 1. The quantitative estimate of drug-likeness (QED) is 0.549. The Morgan fingerprint density at radius 3 is 2.34 bits per heavy atom. The molecule has 1 aromatic heterocycles. The third kappa shape index (κ3) is 5.60. The zero-order chi connectivity index (χ0) is 22.3. The summed E-state index contributed by atoms with van der Waals surface area (Å²) in [5, 5.41) is 8.66. The van der Waals surface area contributed by atoms with Crippen molar-refractivity contribution >= 4 is 16.7 Å². The van der Waals surface area contributed by atoms with Crippen LogP contribution >= 0.6 is 0 Å². The summed E-state index contributed by atoms with van der Waals surface area (Å²) >= 11 is 0. The van der Waals surface area contributed by atoms with Crippen molar-refractivity contribution < 1.29 is 4.79 Å². The van der Waals surface area contributed by atoms with Crippen LogP contribution in [0.15, 0.2) is 59.4 Å². The van der Waals surface area contributed by atoms with Crippen LogP contribution in [0.2, 0.25) is 0 Å².